The zero-order valence-corrected chi connectivity index (χ0v) is 10.3. The highest BCUT2D eigenvalue weighted by molar-refractivity contribution is 7.99. The van der Waals surface area contributed by atoms with Gasteiger partial charge in [0, 0.05) is 12.2 Å². The van der Waals surface area contributed by atoms with Crippen molar-refractivity contribution in [1.82, 2.24) is 4.57 Å². The molecule has 0 amide bonds. The average Bonchev–Trinajstić information content (AvgIpc) is 2.60. The first-order valence-electron chi connectivity index (χ1n) is 5.48. The molecule has 1 aromatic heterocycles. The van der Waals surface area contributed by atoms with Gasteiger partial charge in [0.25, 0.3) is 5.82 Å². The number of rotatable bonds is 6. The summed E-state index contributed by atoms with van der Waals surface area (Å²) in [6.45, 7) is 8.87. The van der Waals surface area contributed by atoms with Crippen LogP contribution in [0.5, 0.6) is 0 Å². The smallest absolute Gasteiger partial charge is 0.235 e. The first-order chi connectivity index (χ1) is 6.83. The number of hydrogen-bond donors (Lipinski definition) is 0. The molecule has 0 N–H and O–H groups in total. The lowest BCUT2D eigenvalue weighted by Gasteiger charge is -2.01. The molecule has 80 valence electrons. The summed E-state index contributed by atoms with van der Waals surface area (Å²) in [5.74, 6) is 3.89. The molecule has 3 heteroatoms. The van der Waals surface area contributed by atoms with Crippen LogP contribution in [-0.2, 0) is 19.5 Å². The van der Waals surface area contributed by atoms with Gasteiger partial charge in [-0.1, -0.05) is 13.8 Å². The van der Waals surface area contributed by atoms with Crippen LogP contribution in [-0.4, -0.2) is 16.1 Å². The lowest BCUT2D eigenvalue weighted by molar-refractivity contribution is -0.699. The topological polar surface area (TPSA) is 8.81 Å². The van der Waals surface area contributed by atoms with E-state index in [1.807, 2.05) is 11.8 Å². The Labute approximate surface area is 91.3 Å². The molecule has 0 saturated heterocycles. The van der Waals surface area contributed by atoms with Crippen LogP contribution in [0, 0.1) is 0 Å². The van der Waals surface area contributed by atoms with Crippen LogP contribution in [0.25, 0.3) is 0 Å². The zero-order chi connectivity index (χ0) is 10.4. The Bertz CT molecular complexity index is 268. The molecule has 0 aliphatic heterocycles. The van der Waals surface area contributed by atoms with Gasteiger partial charge in [-0.15, -0.1) is 0 Å². The van der Waals surface area contributed by atoms with Gasteiger partial charge in [-0.25, -0.2) is 9.13 Å². The van der Waals surface area contributed by atoms with Crippen molar-refractivity contribution in [3.63, 3.8) is 0 Å². The number of aromatic nitrogens is 2. The van der Waals surface area contributed by atoms with Gasteiger partial charge in [-0.05, 0) is 12.7 Å². The second kappa shape index (κ2) is 6.12. The number of imidazole rings is 1. The summed E-state index contributed by atoms with van der Waals surface area (Å²) in [6.07, 6.45) is 5.52. The Morgan fingerprint density at radius 1 is 1.36 bits per heavy atom. The largest absolute Gasteiger partial charge is 0.256 e. The molecular formula is C11H21N2S+. The summed E-state index contributed by atoms with van der Waals surface area (Å²) in [5.41, 5.74) is 0. The fraction of sp³-hybridized carbons (Fsp3) is 0.727. The molecule has 0 atom stereocenters. The van der Waals surface area contributed by atoms with Crippen molar-refractivity contribution in [3.05, 3.63) is 18.2 Å². The highest BCUT2D eigenvalue weighted by Crippen LogP contribution is 2.00. The van der Waals surface area contributed by atoms with Crippen LogP contribution in [0.4, 0.5) is 0 Å². The maximum atomic E-state index is 2.38. The minimum atomic E-state index is 1.08. The third-order valence-electron chi connectivity index (χ3n) is 2.43. The van der Waals surface area contributed by atoms with E-state index in [-0.39, 0.29) is 0 Å². The van der Waals surface area contributed by atoms with E-state index in [9.17, 15) is 0 Å². The summed E-state index contributed by atoms with van der Waals surface area (Å²) in [6, 6.07) is 0. The lowest BCUT2D eigenvalue weighted by Crippen LogP contribution is -2.38. The quantitative estimate of drug-likeness (QED) is 0.519. The van der Waals surface area contributed by atoms with Crippen LogP contribution in [0.1, 0.15) is 26.6 Å². The maximum absolute atomic E-state index is 2.38. The van der Waals surface area contributed by atoms with Gasteiger partial charge in [0.2, 0.25) is 0 Å². The van der Waals surface area contributed by atoms with Crippen molar-refractivity contribution in [1.29, 1.82) is 0 Å². The molecule has 0 fully saturated rings. The Morgan fingerprint density at radius 3 is 2.71 bits per heavy atom. The van der Waals surface area contributed by atoms with E-state index in [1.54, 1.807) is 0 Å². The standard InChI is InChI=1S/C11H21N2S/c1-4-11-12(5-2)7-8-13(11)9-10-14-6-3/h7-8H,4-6,9-10H2,1-3H3/q+1. The minimum absolute atomic E-state index is 1.08. The van der Waals surface area contributed by atoms with E-state index in [0.29, 0.717) is 0 Å². The van der Waals surface area contributed by atoms with E-state index in [4.69, 9.17) is 0 Å². The van der Waals surface area contributed by atoms with Crippen molar-refractivity contribution in [2.45, 2.75) is 40.3 Å². The second-order valence-electron chi connectivity index (χ2n) is 3.24. The number of hydrogen-bond acceptors (Lipinski definition) is 1. The summed E-state index contributed by atoms with van der Waals surface area (Å²) in [5, 5.41) is 0. The molecule has 0 radical (unpaired) electrons. The molecule has 1 aromatic rings. The van der Waals surface area contributed by atoms with Crippen LogP contribution in [0.15, 0.2) is 12.4 Å². The van der Waals surface area contributed by atoms with E-state index < -0.39 is 0 Å². The monoisotopic (exact) mass is 213 g/mol. The molecule has 1 heterocycles. The van der Waals surface area contributed by atoms with E-state index in [0.717, 1.165) is 19.5 Å². The minimum Gasteiger partial charge on any atom is -0.235 e. The maximum Gasteiger partial charge on any atom is 0.256 e. The highest BCUT2D eigenvalue weighted by atomic mass is 32.2. The van der Waals surface area contributed by atoms with Gasteiger partial charge in [0.1, 0.15) is 12.4 Å². The molecule has 0 unspecified atom stereocenters. The zero-order valence-electron chi connectivity index (χ0n) is 9.49. The van der Waals surface area contributed by atoms with Gasteiger partial charge in [0.05, 0.1) is 13.1 Å². The summed E-state index contributed by atoms with van der Waals surface area (Å²) in [7, 11) is 0. The Kier molecular flexibility index (Phi) is 5.09. The SMILES string of the molecule is CCSCC[n+]1ccn(CC)c1CC. The van der Waals surface area contributed by atoms with Crippen molar-refractivity contribution in [3.8, 4) is 0 Å². The van der Waals surface area contributed by atoms with Crippen LogP contribution >= 0.6 is 11.8 Å². The van der Waals surface area contributed by atoms with Crippen molar-refractivity contribution in [2.75, 3.05) is 11.5 Å². The molecule has 0 aliphatic carbocycles. The Morgan fingerprint density at radius 2 is 2.14 bits per heavy atom. The van der Waals surface area contributed by atoms with Gasteiger partial charge in [-0.3, -0.25) is 0 Å². The van der Waals surface area contributed by atoms with E-state index in [2.05, 4.69) is 42.3 Å². The third-order valence-corrected chi connectivity index (χ3v) is 3.31. The molecular weight excluding hydrogens is 192 g/mol. The first-order valence-corrected chi connectivity index (χ1v) is 6.64. The Balaban J connectivity index is 2.61. The van der Waals surface area contributed by atoms with Crippen LogP contribution in [0.3, 0.4) is 0 Å². The number of nitrogens with zero attached hydrogens (tertiary/aromatic N) is 2. The van der Waals surface area contributed by atoms with Crippen molar-refractivity contribution in [2.24, 2.45) is 0 Å². The molecule has 0 saturated carbocycles. The third kappa shape index (κ3) is 2.77. The molecule has 0 bridgehead atoms. The van der Waals surface area contributed by atoms with E-state index >= 15 is 0 Å². The molecule has 0 spiro atoms. The van der Waals surface area contributed by atoms with Crippen LogP contribution < -0.4 is 4.57 Å². The molecule has 0 aromatic carbocycles. The van der Waals surface area contributed by atoms with E-state index in [1.165, 1.54) is 17.3 Å². The molecule has 14 heavy (non-hydrogen) atoms. The van der Waals surface area contributed by atoms with Gasteiger partial charge >= 0.3 is 0 Å². The van der Waals surface area contributed by atoms with Gasteiger partial charge in [-0.2, -0.15) is 11.8 Å². The molecule has 0 aliphatic rings. The summed E-state index contributed by atoms with van der Waals surface area (Å²) >= 11 is 2.01. The molecule has 2 nitrogen and oxygen atoms in total. The fourth-order valence-corrected chi connectivity index (χ4v) is 2.32. The number of thioether (sulfide) groups is 1. The molecule has 1 rings (SSSR count). The summed E-state index contributed by atoms with van der Waals surface area (Å²) < 4.78 is 4.71. The van der Waals surface area contributed by atoms with Gasteiger partial charge < -0.3 is 0 Å². The van der Waals surface area contributed by atoms with Crippen LogP contribution in [0.2, 0.25) is 0 Å². The normalized spacial score (nSPS) is 10.8. The lowest BCUT2D eigenvalue weighted by atomic mass is 10.4. The van der Waals surface area contributed by atoms with Gasteiger partial charge in [0.15, 0.2) is 0 Å². The number of aryl methyl sites for hydroxylation is 2. The van der Waals surface area contributed by atoms with Crippen molar-refractivity contribution < 1.29 is 4.57 Å². The van der Waals surface area contributed by atoms with Crippen molar-refractivity contribution >= 4 is 11.8 Å². The Hall–Kier alpha value is -0.440. The summed E-state index contributed by atoms with van der Waals surface area (Å²) in [4.78, 5) is 0. The average molecular weight is 213 g/mol. The predicted octanol–water partition coefficient (Wildman–Crippen LogP) is 2.11. The second-order valence-corrected chi connectivity index (χ2v) is 4.64. The predicted molar refractivity (Wildman–Crippen MR) is 62.7 cm³/mol. The highest BCUT2D eigenvalue weighted by Gasteiger charge is 2.12. The fourth-order valence-electron chi connectivity index (χ4n) is 1.70. The first kappa shape index (κ1) is 11.6.